The molecule has 1 heterocycles. The monoisotopic (exact) mass is 267 g/mol. The quantitative estimate of drug-likeness (QED) is 0.647. The Morgan fingerprint density at radius 2 is 1.84 bits per heavy atom. The van der Waals surface area contributed by atoms with E-state index in [1.165, 1.54) is 13.8 Å². The minimum absolute atomic E-state index is 0.0724. The molecule has 0 spiro atoms. The summed E-state index contributed by atoms with van der Waals surface area (Å²) in [6.07, 6.45) is -0.838. The average Bonchev–Trinajstić information content (AvgIpc) is 2.26. The first-order valence-corrected chi connectivity index (χ1v) is 5.19. The molecule has 0 fully saturated rings. The second-order valence-corrected chi connectivity index (χ2v) is 4.43. The Labute approximate surface area is 106 Å². The van der Waals surface area contributed by atoms with Crippen LogP contribution >= 0.6 is 0 Å². The SMILES string of the molecule is CC1(C)OC(=O)Nc2c([N+](=O)[O-])cc([N+](=O)[O-])cc21. The number of benzene rings is 1. The minimum atomic E-state index is -1.19. The van der Waals surface area contributed by atoms with Gasteiger partial charge in [-0.25, -0.2) is 4.79 Å². The van der Waals surface area contributed by atoms with Crippen LogP contribution in [-0.4, -0.2) is 15.9 Å². The van der Waals surface area contributed by atoms with Gasteiger partial charge in [0.1, 0.15) is 11.3 Å². The van der Waals surface area contributed by atoms with Crippen molar-refractivity contribution in [3.63, 3.8) is 0 Å². The van der Waals surface area contributed by atoms with Crippen molar-refractivity contribution >= 4 is 23.2 Å². The lowest BCUT2D eigenvalue weighted by Crippen LogP contribution is -2.35. The van der Waals surface area contributed by atoms with Crippen molar-refractivity contribution in [2.75, 3.05) is 5.32 Å². The van der Waals surface area contributed by atoms with E-state index < -0.39 is 32.9 Å². The molecule has 100 valence electrons. The second kappa shape index (κ2) is 3.90. The Hall–Kier alpha value is -2.71. The van der Waals surface area contributed by atoms with Gasteiger partial charge in [-0.15, -0.1) is 0 Å². The molecule has 1 aliphatic rings. The molecule has 9 heteroatoms. The number of nitro groups is 2. The molecule has 1 amide bonds. The summed E-state index contributed by atoms with van der Waals surface area (Å²) in [7, 11) is 0. The number of amides is 1. The van der Waals surface area contributed by atoms with Gasteiger partial charge in [0.15, 0.2) is 0 Å². The fourth-order valence-corrected chi connectivity index (χ4v) is 1.88. The summed E-state index contributed by atoms with van der Waals surface area (Å²) in [5.41, 5.74) is -2.04. The molecule has 1 aromatic rings. The lowest BCUT2D eigenvalue weighted by atomic mass is 9.93. The van der Waals surface area contributed by atoms with Gasteiger partial charge in [0.05, 0.1) is 15.9 Å². The molecule has 0 saturated carbocycles. The van der Waals surface area contributed by atoms with Crippen LogP contribution in [0.5, 0.6) is 0 Å². The maximum Gasteiger partial charge on any atom is 0.412 e. The summed E-state index contributed by atoms with van der Waals surface area (Å²) >= 11 is 0. The molecule has 1 aromatic carbocycles. The Morgan fingerprint density at radius 1 is 1.21 bits per heavy atom. The first kappa shape index (κ1) is 12.7. The molecule has 2 rings (SSSR count). The lowest BCUT2D eigenvalue weighted by Gasteiger charge is -2.31. The van der Waals surface area contributed by atoms with Crippen molar-refractivity contribution in [3.05, 3.63) is 37.9 Å². The molecule has 0 aliphatic carbocycles. The number of nitrogens with one attached hydrogen (secondary N) is 1. The van der Waals surface area contributed by atoms with Crippen molar-refractivity contribution in [1.29, 1.82) is 0 Å². The number of ether oxygens (including phenoxy) is 1. The zero-order valence-electron chi connectivity index (χ0n) is 10.00. The molecule has 9 nitrogen and oxygen atoms in total. The van der Waals surface area contributed by atoms with Gasteiger partial charge >= 0.3 is 6.09 Å². The Morgan fingerprint density at radius 3 is 2.37 bits per heavy atom. The normalized spacial score (nSPS) is 16.0. The highest BCUT2D eigenvalue weighted by molar-refractivity contribution is 5.93. The highest BCUT2D eigenvalue weighted by Crippen LogP contribution is 2.43. The van der Waals surface area contributed by atoms with Crippen LogP contribution in [0.4, 0.5) is 21.9 Å². The van der Waals surface area contributed by atoms with Crippen molar-refractivity contribution in [2.45, 2.75) is 19.4 Å². The second-order valence-electron chi connectivity index (χ2n) is 4.43. The number of carbonyl (C=O) groups excluding carboxylic acids is 1. The van der Waals surface area contributed by atoms with Gasteiger partial charge < -0.3 is 4.74 Å². The average molecular weight is 267 g/mol. The number of anilines is 1. The highest BCUT2D eigenvalue weighted by Gasteiger charge is 2.39. The molecule has 1 N–H and O–H groups in total. The van der Waals surface area contributed by atoms with E-state index in [2.05, 4.69) is 5.32 Å². The van der Waals surface area contributed by atoms with Crippen LogP contribution in [0.3, 0.4) is 0 Å². The number of non-ortho nitro benzene ring substituents is 1. The van der Waals surface area contributed by atoms with Gasteiger partial charge in [0, 0.05) is 11.6 Å². The zero-order chi connectivity index (χ0) is 14.4. The van der Waals surface area contributed by atoms with Gasteiger partial charge in [-0.05, 0) is 13.8 Å². The number of fused-ring (bicyclic) bond motifs is 1. The molecule has 0 bridgehead atoms. The van der Waals surface area contributed by atoms with E-state index >= 15 is 0 Å². The number of hydrogen-bond acceptors (Lipinski definition) is 6. The Bertz CT molecular complexity index is 610. The molecule has 0 radical (unpaired) electrons. The maximum atomic E-state index is 11.3. The first-order chi connectivity index (χ1) is 8.72. The number of nitro benzene ring substituents is 2. The van der Waals surface area contributed by atoms with E-state index in [1.807, 2.05) is 0 Å². The van der Waals surface area contributed by atoms with E-state index in [0.29, 0.717) is 0 Å². The summed E-state index contributed by atoms with van der Waals surface area (Å²) < 4.78 is 4.97. The van der Waals surface area contributed by atoms with Gasteiger partial charge in [-0.3, -0.25) is 25.5 Å². The molecule has 19 heavy (non-hydrogen) atoms. The molecule has 0 unspecified atom stereocenters. The number of nitrogens with zero attached hydrogens (tertiary/aromatic N) is 2. The van der Waals surface area contributed by atoms with Crippen LogP contribution in [-0.2, 0) is 10.3 Å². The zero-order valence-corrected chi connectivity index (χ0v) is 10.00. The van der Waals surface area contributed by atoms with Gasteiger partial charge in [0.2, 0.25) is 0 Å². The fraction of sp³-hybridized carbons (Fsp3) is 0.300. The van der Waals surface area contributed by atoms with Crippen molar-refractivity contribution in [1.82, 2.24) is 0 Å². The fourth-order valence-electron chi connectivity index (χ4n) is 1.88. The summed E-state index contributed by atoms with van der Waals surface area (Å²) in [6.45, 7) is 3.00. The standard InChI is InChI=1S/C10H9N3O6/c1-10(2)6-3-5(12(15)16)4-7(13(17)18)8(6)11-9(14)19-10/h3-4H,1-2H3,(H,11,14). The number of cyclic esters (lactones) is 1. The summed E-state index contributed by atoms with van der Waals surface area (Å²) in [6, 6.07) is 1.96. The predicted molar refractivity (Wildman–Crippen MR) is 62.9 cm³/mol. The van der Waals surface area contributed by atoms with Crippen LogP contribution in [0.2, 0.25) is 0 Å². The lowest BCUT2D eigenvalue weighted by molar-refractivity contribution is -0.393. The summed E-state index contributed by atoms with van der Waals surface area (Å²) in [4.78, 5) is 31.6. The number of carbonyl (C=O) groups is 1. The van der Waals surface area contributed by atoms with Gasteiger partial charge in [0.25, 0.3) is 11.4 Å². The van der Waals surface area contributed by atoms with Crippen molar-refractivity contribution in [3.8, 4) is 0 Å². The third kappa shape index (κ3) is 2.05. The Balaban J connectivity index is 2.77. The van der Waals surface area contributed by atoms with Gasteiger partial charge in [-0.1, -0.05) is 0 Å². The molecule has 0 aromatic heterocycles. The van der Waals surface area contributed by atoms with Gasteiger partial charge in [-0.2, -0.15) is 0 Å². The number of hydrogen-bond donors (Lipinski definition) is 1. The van der Waals surface area contributed by atoms with E-state index in [9.17, 15) is 25.0 Å². The smallest absolute Gasteiger partial charge is 0.412 e. The number of rotatable bonds is 2. The summed E-state index contributed by atoms with van der Waals surface area (Å²) in [5, 5.41) is 24.0. The third-order valence-corrected chi connectivity index (χ3v) is 2.73. The van der Waals surface area contributed by atoms with Crippen LogP contribution in [0.25, 0.3) is 0 Å². The molecule has 1 aliphatic heterocycles. The topological polar surface area (TPSA) is 125 Å². The largest absolute Gasteiger partial charge is 0.438 e. The van der Waals surface area contributed by atoms with E-state index in [-0.39, 0.29) is 11.3 Å². The molecule has 0 atom stereocenters. The predicted octanol–water partition coefficient (Wildman–Crippen LogP) is 2.30. The first-order valence-electron chi connectivity index (χ1n) is 5.19. The van der Waals surface area contributed by atoms with Crippen LogP contribution in [0.15, 0.2) is 12.1 Å². The third-order valence-electron chi connectivity index (χ3n) is 2.73. The van der Waals surface area contributed by atoms with Crippen LogP contribution in [0, 0.1) is 20.2 Å². The summed E-state index contributed by atoms with van der Waals surface area (Å²) in [5.74, 6) is 0. The molecular formula is C10H9N3O6. The van der Waals surface area contributed by atoms with Crippen LogP contribution in [0.1, 0.15) is 19.4 Å². The molecular weight excluding hydrogens is 258 g/mol. The van der Waals surface area contributed by atoms with Crippen molar-refractivity contribution in [2.24, 2.45) is 0 Å². The van der Waals surface area contributed by atoms with Crippen molar-refractivity contribution < 1.29 is 19.4 Å². The maximum absolute atomic E-state index is 11.3. The minimum Gasteiger partial charge on any atom is -0.438 e. The molecule has 0 saturated heterocycles. The van der Waals surface area contributed by atoms with E-state index in [4.69, 9.17) is 4.74 Å². The van der Waals surface area contributed by atoms with Crippen LogP contribution < -0.4 is 5.32 Å². The van der Waals surface area contributed by atoms with E-state index in [1.54, 1.807) is 0 Å². The Kier molecular flexibility index (Phi) is 2.62. The van der Waals surface area contributed by atoms with E-state index in [0.717, 1.165) is 12.1 Å². The highest BCUT2D eigenvalue weighted by atomic mass is 16.6.